The first-order valence-electron chi connectivity index (χ1n) is 6.23. The number of hydrogen-bond acceptors (Lipinski definition) is 3. The number of carboxylic acid groups (broad SMARTS) is 1. The van der Waals surface area contributed by atoms with Gasteiger partial charge in [-0.05, 0) is 18.1 Å². The van der Waals surface area contributed by atoms with Crippen LogP contribution in [0.5, 0.6) is 0 Å². The fourth-order valence-electron chi connectivity index (χ4n) is 2.59. The van der Waals surface area contributed by atoms with E-state index in [-0.39, 0.29) is 6.04 Å². The van der Waals surface area contributed by atoms with Crippen molar-refractivity contribution in [3.05, 3.63) is 53.1 Å². The smallest absolute Gasteiger partial charge is 0.321 e. The largest absolute Gasteiger partial charge is 0.480 e. The molecule has 1 aliphatic heterocycles. The normalized spacial score (nSPS) is 21.9. The van der Waals surface area contributed by atoms with Crippen LogP contribution >= 0.6 is 0 Å². The number of aliphatic carboxylic acids is 1. The van der Waals surface area contributed by atoms with E-state index in [4.69, 9.17) is 0 Å². The molecule has 19 heavy (non-hydrogen) atoms. The maximum Gasteiger partial charge on any atom is 0.321 e. The summed E-state index contributed by atoms with van der Waals surface area (Å²) in [6.45, 7) is 2.02. The molecule has 2 aromatic rings. The van der Waals surface area contributed by atoms with Crippen LogP contribution < -0.4 is 5.32 Å². The lowest BCUT2D eigenvalue weighted by Crippen LogP contribution is -2.45. The summed E-state index contributed by atoms with van der Waals surface area (Å²) >= 11 is 0. The van der Waals surface area contributed by atoms with Gasteiger partial charge in [0, 0.05) is 12.1 Å². The van der Waals surface area contributed by atoms with Crippen molar-refractivity contribution in [1.29, 1.82) is 0 Å². The van der Waals surface area contributed by atoms with E-state index in [1.165, 1.54) is 0 Å². The second-order valence-electron chi connectivity index (χ2n) is 4.82. The van der Waals surface area contributed by atoms with E-state index < -0.39 is 12.0 Å². The van der Waals surface area contributed by atoms with Gasteiger partial charge in [-0.3, -0.25) is 10.1 Å². The van der Waals surface area contributed by atoms with Gasteiger partial charge in [-0.15, -0.1) is 0 Å². The molecule has 3 rings (SSSR count). The SMILES string of the molecule is Cc1ccccc1[C@@H]1N[C@H](C(=O)O)Cc2[nH]cnc21. The van der Waals surface area contributed by atoms with E-state index in [0.717, 1.165) is 22.5 Å². The molecule has 5 nitrogen and oxygen atoms in total. The number of nitrogens with zero attached hydrogens (tertiary/aromatic N) is 1. The van der Waals surface area contributed by atoms with Crippen LogP contribution in [-0.4, -0.2) is 27.1 Å². The van der Waals surface area contributed by atoms with Gasteiger partial charge in [0.25, 0.3) is 0 Å². The van der Waals surface area contributed by atoms with Crippen molar-refractivity contribution in [2.75, 3.05) is 0 Å². The first kappa shape index (κ1) is 11.9. The molecule has 2 heterocycles. The lowest BCUT2D eigenvalue weighted by atomic mass is 9.91. The van der Waals surface area contributed by atoms with Crippen molar-refractivity contribution < 1.29 is 9.90 Å². The minimum absolute atomic E-state index is 0.169. The molecule has 3 N–H and O–H groups in total. The summed E-state index contributed by atoms with van der Waals surface area (Å²) in [5.74, 6) is -0.834. The number of nitrogens with one attached hydrogen (secondary N) is 2. The number of H-pyrrole nitrogens is 1. The van der Waals surface area contributed by atoms with Gasteiger partial charge in [0.15, 0.2) is 0 Å². The van der Waals surface area contributed by atoms with Crippen molar-refractivity contribution >= 4 is 5.97 Å². The summed E-state index contributed by atoms with van der Waals surface area (Å²) in [6.07, 6.45) is 2.06. The number of aryl methyl sites for hydroxylation is 1. The highest BCUT2D eigenvalue weighted by Crippen LogP contribution is 2.30. The number of rotatable bonds is 2. The Bertz CT molecular complexity index is 621. The Labute approximate surface area is 110 Å². The number of imidazole rings is 1. The fraction of sp³-hybridized carbons (Fsp3) is 0.286. The third-order valence-corrected chi connectivity index (χ3v) is 3.60. The van der Waals surface area contributed by atoms with Gasteiger partial charge in [0.05, 0.1) is 18.1 Å². The molecule has 1 aromatic carbocycles. The number of carboxylic acids is 1. The monoisotopic (exact) mass is 257 g/mol. The van der Waals surface area contributed by atoms with Gasteiger partial charge in [0.1, 0.15) is 6.04 Å². The lowest BCUT2D eigenvalue weighted by Gasteiger charge is -2.29. The van der Waals surface area contributed by atoms with Gasteiger partial charge in [-0.2, -0.15) is 0 Å². The van der Waals surface area contributed by atoms with E-state index in [2.05, 4.69) is 15.3 Å². The van der Waals surface area contributed by atoms with Gasteiger partial charge in [0.2, 0.25) is 0 Å². The number of benzene rings is 1. The van der Waals surface area contributed by atoms with E-state index in [9.17, 15) is 9.90 Å². The Morgan fingerprint density at radius 3 is 2.95 bits per heavy atom. The number of hydrogen-bond donors (Lipinski definition) is 3. The van der Waals surface area contributed by atoms with Crippen LogP contribution in [0, 0.1) is 6.92 Å². The van der Waals surface area contributed by atoms with Gasteiger partial charge in [-0.25, -0.2) is 4.98 Å². The highest BCUT2D eigenvalue weighted by molar-refractivity contribution is 5.74. The van der Waals surface area contributed by atoms with Crippen LogP contribution in [0.1, 0.15) is 28.6 Å². The van der Waals surface area contributed by atoms with Crippen molar-refractivity contribution in [3.8, 4) is 0 Å². The Balaban J connectivity index is 2.06. The van der Waals surface area contributed by atoms with Crippen LogP contribution in [0.15, 0.2) is 30.6 Å². The maximum absolute atomic E-state index is 11.3. The number of fused-ring (bicyclic) bond motifs is 1. The average molecular weight is 257 g/mol. The molecule has 2 atom stereocenters. The van der Waals surface area contributed by atoms with Crippen molar-refractivity contribution in [2.45, 2.75) is 25.4 Å². The predicted molar refractivity (Wildman–Crippen MR) is 69.9 cm³/mol. The van der Waals surface area contributed by atoms with Crippen molar-refractivity contribution in [3.63, 3.8) is 0 Å². The lowest BCUT2D eigenvalue weighted by molar-refractivity contribution is -0.139. The topological polar surface area (TPSA) is 78.0 Å². The highest BCUT2D eigenvalue weighted by atomic mass is 16.4. The molecule has 1 aliphatic rings. The van der Waals surface area contributed by atoms with E-state index >= 15 is 0 Å². The zero-order valence-electron chi connectivity index (χ0n) is 10.6. The molecule has 0 bridgehead atoms. The zero-order valence-corrected chi connectivity index (χ0v) is 10.6. The first-order valence-corrected chi connectivity index (χ1v) is 6.23. The Kier molecular flexibility index (Phi) is 2.83. The van der Waals surface area contributed by atoms with Crippen molar-refractivity contribution in [1.82, 2.24) is 15.3 Å². The molecule has 0 unspecified atom stereocenters. The summed E-state index contributed by atoms with van der Waals surface area (Å²) in [6, 6.07) is 7.21. The average Bonchev–Trinajstić information content (AvgIpc) is 2.86. The molecule has 98 valence electrons. The molecular weight excluding hydrogens is 242 g/mol. The molecule has 1 aromatic heterocycles. The molecule has 0 amide bonds. The number of aromatic amines is 1. The zero-order chi connectivity index (χ0) is 13.4. The third-order valence-electron chi connectivity index (χ3n) is 3.60. The van der Waals surface area contributed by atoms with Crippen LogP contribution in [0.25, 0.3) is 0 Å². The van der Waals surface area contributed by atoms with Gasteiger partial charge in [-0.1, -0.05) is 24.3 Å². The number of carbonyl (C=O) groups is 1. The standard InChI is InChI=1S/C14H15N3O2/c1-8-4-2-3-5-9(8)12-13-10(15-7-16-13)6-11(17-12)14(18)19/h2-5,7,11-12,17H,6H2,1H3,(H,15,16)(H,18,19)/t11-,12-/m0/s1. The van der Waals surface area contributed by atoms with E-state index in [1.54, 1.807) is 6.33 Å². The summed E-state index contributed by atoms with van der Waals surface area (Å²) in [5.41, 5.74) is 3.99. The second-order valence-corrected chi connectivity index (χ2v) is 4.82. The minimum atomic E-state index is -0.834. The third kappa shape index (κ3) is 2.02. The molecule has 5 heteroatoms. The molecule has 0 radical (unpaired) electrons. The summed E-state index contributed by atoms with van der Waals surface area (Å²) in [5, 5.41) is 12.4. The second kappa shape index (κ2) is 4.51. The maximum atomic E-state index is 11.3. The molecular formula is C14H15N3O2. The molecule has 0 aliphatic carbocycles. The Morgan fingerprint density at radius 1 is 1.42 bits per heavy atom. The molecule has 0 fully saturated rings. The molecule has 0 saturated carbocycles. The number of aromatic nitrogens is 2. The predicted octanol–water partition coefficient (Wildman–Crippen LogP) is 1.41. The fourth-order valence-corrected chi connectivity index (χ4v) is 2.59. The van der Waals surface area contributed by atoms with E-state index in [0.29, 0.717) is 6.42 Å². The van der Waals surface area contributed by atoms with Gasteiger partial charge < -0.3 is 10.1 Å². The quantitative estimate of drug-likeness (QED) is 0.760. The van der Waals surface area contributed by atoms with Crippen LogP contribution in [0.2, 0.25) is 0 Å². The molecule has 0 spiro atoms. The Hall–Kier alpha value is -2.14. The summed E-state index contributed by atoms with van der Waals surface area (Å²) in [7, 11) is 0. The minimum Gasteiger partial charge on any atom is -0.480 e. The van der Waals surface area contributed by atoms with E-state index in [1.807, 2.05) is 31.2 Å². The van der Waals surface area contributed by atoms with Crippen LogP contribution in [0.4, 0.5) is 0 Å². The van der Waals surface area contributed by atoms with Crippen molar-refractivity contribution in [2.24, 2.45) is 0 Å². The van der Waals surface area contributed by atoms with Crippen LogP contribution in [0.3, 0.4) is 0 Å². The highest BCUT2D eigenvalue weighted by Gasteiger charge is 2.33. The Morgan fingerprint density at radius 2 is 2.21 bits per heavy atom. The summed E-state index contributed by atoms with van der Waals surface area (Å²) < 4.78 is 0. The summed E-state index contributed by atoms with van der Waals surface area (Å²) in [4.78, 5) is 18.6. The van der Waals surface area contributed by atoms with Gasteiger partial charge >= 0.3 is 5.97 Å². The molecule has 0 saturated heterocycles. The first-order chi connectivity index (χ1) is 9.16. The van der Waals surface area contributed by atoms with Crippen LogP contribution in [-0.2, 0) is 11.2 Å².